The van der Waals surface area contributed by atoms with Crippen LogP contribution in [0.15, 0.2) is 11.2 Å². The lowest BCUT2D eigenvalue weighted by atomic mass is 9.94. The average Bonchev–Trinajstić information content (AvgIpc) is 2.88. The molecule has 0 N–H and O–H groups in total. The predicted molar refractivity (Wildman–Crippen MR) is 94.3 cm³/mol. The zero-order valence-electron chi connectivity index (χ0n) is 15.1. The molecule has 0 radical (unpaired) electrons. The Kier molecular flexibility index (Phi) is 5.32. The quantitative estimate of drug-likeness (QED) is 0.828. The molecule has 2 saturated heterocycles. The summed E-state index contributed by atoms with van der Waals surface area (Å²) in [4.78, 5) is 6.78. The molecule has 2 aliphatic heterocycles. The molecule has 0 saturated carbocycles. The van der Waals surface area contributed by atoms with Crippen LogP contribution >= 0.6 is 0 Å². The van der Waals surface area contributed by atoms with Gasteiger partial charge in [0.25, 0.3) is 10.0 Å². The summed E-state index contributed by atoms with van der Waals surface area (Å²) in [6.07, 6.45) is 6.17. The Labute approximate surface area is 145 Å². The standard InChI is InChI=1S/C17H30N4O2S/c1-14-5-4-8-20(11-14)12-16-6-9-21(10-7-16)24(22,23)17-13-19(3)15(2)18-17/h13-14,16H,4-12H2,1-3H3. The van der Waals surface area contributed by atoms with Gasteiger partial charge in [0.15, 0.2) is 5.03 Å². The minimum Gasteiger partial charge on any atom is -0.337 e. The summed E-state index contributed by atoms with van der Waals surface area (Å²) >= 11 is 0. The Balaban J connectivity index is 1.56. The molecular weight excluding hydrogens is 324 g/mol. The van der Waals surface area contributed by atoms with Gasteiger partial charge in [-0.25, -0.2) is 13.4 Å². The highest BCUT2D eigenvalue weighted by atomic mass is 32.2. The Morgan fingerprint density at radius 2 is 1.92 bits per heavy atom. The van der Waals surface area contributed by atoms with E-state index in [2.05, 4.69) is 16.8 Å². The first-order valence-corrected chi connectivity index (χ1v) is 10.5. The molecule has 1 aromatic rings. The predicted octanol–water partition coefficient (Wildman–Crippen LogP) is 1.86. The highest BCUT2D eigenvalue weighted by Crippen LogP contribution is 2.25. The molecule has 2 aliphatic rings. The first kappa shape index (κ1) is 17.9. The van der Waals surface area contributed by atoms with Crippen LogP contribution < -0.4 is 0 Å². The third kappa shape index (κ3) is 3.83. The van der Waals surface area contributed by atoms with Crippen molar-refractivity contribution < 1.29 is 8.42 Å². The molecule has 24 heavy (non-hydrogen) atoms. The van der Waals surface area contributed by atoms with Crippen LogP contribution in [0.5, 0.6) is 0 Å². The van der Waals surface area contributed by atoms with E-state index in [1.54, 1.807) is 15.1 Å². The van der Waals surface area contributed by atoms with Crippen molar-refractivity contribution in [3.63, 3.8) is 0 Å². The van der Waals surface area contributed by atoms with Gasteiger partial charge in [-0.1, -0.05) is 6.92 Å². The lowest BCUT2D eigenvalue weighted by Crippen LogP contribution is -2.43. The van der Waals surface area contributed by atoms with Gasteiger partial charge >= 0.3 is 0 Å². The van der Waals surface area contributed by atoms with E-state index in [1.807, 2.05) is 14.0 Å². The minimum absolute atomic E-state index is 0.186. The number of imidazole rings is 1. The van der Waals surface area contributed by atoms with Crippen LogP contribution in [0.25, 0.3) is 0 Å². The van der Waals surface area contributed by atoms with Gasteiger partial charge in [-0.05, 0) is 51.0 Å². The molecule has 3 heterocycles. The third-order valence-electron chi connectivity index (χ3n) is 5.52. The first-order chi connectivity index (χ1) is 11.4. The highest BCUT2D eigenvalue weighted by Gasteiger charge is 2.32. The molecule has 2 fully saturated rings. The smallest absolute Gasteiger partial charge is 0.262 e. The Morgan fingerprint density at radius 1 is 1.21 bits per heavy atom. The monoisotopic (exact) mass is 354 g/mol. The molecule has 0 bridgehead atoms. The summed E-state index contributed by atoms with van der Waals surface area (Å²) in [6, 6.07) is 0. The van der Waals surface area contributed by atoms with Gasteiger partial charge in [0, 0.05) is 39.4 Å². The molecule has 6 nitrogen and oxygen atoms in total. The van der Waals surface area contributed by atoms with Crippen LogP contribution in [0.3, 0.4) is 0 Å². The van der Waals surface area contributed by atoms with Crippen LogP contribution in [-0.4, -0.2) is 59.9 Å². The van der Waals surface area contributed by atoms with Crippen molar-refractivity contribution in [3.8, 4) is 0 Å². The molecule has 0 amide bonds. The Bertz CT molecular complexity index is 643. The van der Waals surface area contributed by atoms with Gasteiger partial charge in [-0.2, -0.15) is 4.31 Å². The van der Waals surface area contributed by atoms with Gasteiger partial charge in [0.05, 0.1) is 0 Å². The molecule has 1 atom stereocenters. The molecule has 136 valence electrons. The fourth-order valence-electron chi connectivity index (χ4n) is 3.93. The number of aryl methyl sites for hydroxylation is 2. The average molecular weight is 355 g/mol. The second-order valence-corrected chi connectivity index (χ2v) is 9.48. The van der Waals surface area contributed by atoms with E-state index in [9.17, 15) is 8.42 Å². The van der Waals surface area contributed by atoms with Gasteiger partial charge in [-0.15, -0.1) is 0 Å². The van der Waals surface area contributed by atoms with Gasteiger partial charge in [0.1, 0.15) is 5.82 Å². The van der Waals surface area contributed by atoms with Crippen molar-refractivity contribution in [2.75, 3.05) is 32.7 Å². The summed E-state index contributed by atoms with van der Waals surface area (Å²) in [5.74, 6) is 2.14. The van der Waals surface area contributed by atoms with Crippen molar-refractivity contribution >= 4 is 10.0 Å². The number of hydrogen-bond donors (Lipinski definition) is 0. The maximum atomic E-state index is 12.7. The van der Waals surface area contributed by atoms with Crippen molar-refractivity contribution in [1.29, 1.82) is 0 Å². The highest BCUT2D eigenvalue weighted by molar-refractivity contribution is 7.89. The topological polar surface area (TPSA) is 58.4 Å². The second kappa shape index (κ2) is 7.14. The van der Waals surface area contributed by atoms with E-state index in [-0.39, 0.29) is 5.03 Å². The lowest BCUT2D eigenvalue weighted by molar-refractivity contribution is 0.136. The first-order valence-electron chi connectivity index (χ1n) is 9.08. The molecular formula is C17H30N4O2S. The van der Waals surface area contributed by atoms with E-state index in [4.69, 9.17) is 0 Å². The van der Waals surface area contributed by atoms with E-state index in [0.717, 1.165) is 31.1 Å². The van der Waals surface area contributed by atoms with Crippen LogP contribution in [0.1, 0.15) is 38.4 Å². The number of hydrogen-bond acceptors (Lipinski definition) is 4. The number of likely N-dealkylation sites (tertiary alicyclic amines) is 1. The molecule has 1 unspecified atom stereocenters. The number of sulfonamides is 1. The van der Waals surface area contributed by atoms with Crippen molar-refractivity contribution in [2.45, 2.75) is 44.6 Å². The summed E-state index contributed by atoms with van der Waals surface area (Å²) in [5.41, 5.74) is 0. The maximum absolute atomic E-state index is 12.7. The zero-order chi connectivity index (χ0) is 17.3. The van der Waals surface area contributed by atoms with E-state index < -0.39 is 10.0 Å². The lowest BCUT2D eigenvalue weighted by Gasteiger charge is -2.36. The van der Waals surface area contributed by atoms with Crippen molar-refractivity contribution in [2.24, 2.45) is 18.9 Å². The van der Waals surface area contributed by atoms with E-state index in [0.29, 0.717) is 19.0 Å². The third-order valence-corrected chi connectivity index (χ3v) is 7.29. The Morgan fingerprint density at radius 3 is 2.50 bits per heavy atom. The van der Waals surface area contributed by atoms with Crippen LogP contribution in [0, 0.1) is 18.8 Å². The van der Waals surface area contributed by atoms with Crippen molar-refractivity contribution in [1.82, 2.24) is 18.8 Å². The minimum atomic E-state index is -3.44. The number of piperidine rings is 2. The van der Waals surface area contributed by atoms with Crippen LogP contribution in [0.4, 0.5) is 0 Å². The zero-order valence-corrected chi connectivity index (χ0v) is 15.9. The molecule has 0 aliphatic carbocycles. The Hall–Kier alpha value is -0.920. The SMILES string of the molecule is Cc1nc(S(=O)(=O)N2CCC(CN3CCCC(C)C3)CC2)cn1C. The van der Waals surface area contributed by atoms with Gasteiger partial charge < -0.3 is 9.47 Å². The van der Waals surface area contributed by atoms with Gasteiger partial charge in [0.2, 0.25) is 0 Å². The molecule has 1 aromatic heterocycles. The fraction of sp³-hybridized carbons (Fsp3) is 0.824. The number of nitrogens with zero attached hydrogens (tertiary/aromatic N) is 4. The van der Waals surface area contributed by atoms with E-state index in [1.165, 1.54) is 25.9 Å². The van der Waals surface area contributed by atoms with Crippen LogP contribution in [0.2, 0.25) is 0 Å². The molecule has 0 spiro atoms. The summed E-state index contributed by atoms with van der Waals surface area (Å²) in [6.45, 7) is 8.92. The van der Waals surface area contributed by atoms with Gasteiger partial charge in [-0.3, -0.25) is 0 Å². The molecule has 0 aromatic carbocycles. The normalized spacial score (nSPS) is 25.2. The van der Waals surface area contributed by atoms with E-state index >= 15 is 0 Å². The van der Waals surface area contributed by atoms with Crippen LogP contribution in [-0.2, 0) is 17.1 Å². The number of aromatic nitrogens is 2. The summed E-state index contributed by atoms with van der Waals surface area (Å²) in [5, 5.41) is 0.186. The largest absolute Gasteiger partial charge is 0.337 e. The molecule has 3 rings (SSSR count). The maximum Gasteiger partial charge on any atom is 0.262 e. The number of rotatable bonds is 4. The fourth-order valence-corrected chi connectivity index (χ4v) is 5.43. The second-order valence-electron chi connectivity index (χ2n) is 7.59. The van der Waals surface area contributed by atoms with Crippen molar-refractivity contribution in [3.05, 3.63) is 12.0 Å². The summed E-state index contributed by atoms with van der Waals surface area (Å²) in [7, 11) is -1.61. The summed E-state index contributed by atoms with van der Waals surface area (Å²) < 4.78 is 28.8. The molecule has 7 heteroatoms.